The van der Waals surface area contributed by atoms with Crippen LogP contribution >= 0.6 is 0 Å². The molecule has 0 radical (unpaired) electrons. The van der Waals surface area contributed by atoms with Crippen LogP contribution in [0.4, 0.5) is 4.79 Å². The van der Waals surface area contributed by atoms with Gasteiger partial charge in [-0.15, -0.1) is 0 Å². The maximum absolute atomic E-state index is 13.0. The number of fused-ring (bicyclic) bond motifs is 1. The van der Waals surface area contributed by atoms with Crippen LogP contribution in [-0.2, 0) is 20.9 Å². The summed E-state index contributed by atoms with van der Waals surface area (Å²) >= 11 is 0. The van der Waals surface area contributed by atoms with Crippen molar-refractivity contribution in [2.75, 3.05) is 6.54 Å². The van der Waals surface area contributed by atoms with Gasteiger partial charge in [-0.05, 0) is 44.5 Å². The smallest absolute Gasteiger partial charge is 0.408 e. The quantitative estimate of drug-likeness (QED) is 0.528. The van der Waals surface area contributed by atoms with Crippen LogP contribution in [0.2, 0.25) is 0 Å². The highest BCUT2D eigenvalue weighted by molar-refractivity contribution is 6.35. The Balaban J connectivity index is 1.64. The van der Waals surface area contributed by atoms with E-state index in [2.05, 4.69) is 10.6 Å². The van der Waals surface area contributed by atoms with Crippen LogP contribution in [0.3, 0.4) is 0 Å². The van der Waals surface area contributed by atoms with Crippen LogP contribution in [0.5, 0.6) is 5.75 Å². The average molecular weight is 476 g/mol. The third kappa shape index (κ3) is 5.57. The van der Waals surface area contributed by atoms with Gasteiger partial charge in [0.05, 0.1) is 11.1 Å². The molecule has 0 unspecified atom stereocenters. The summed E-state index contributed by atoms with van der Waals surface area (Å²) in [6, 6.07) is 14.8. The van der Waals surface area contributed by atoms with Gasteiger partial charge in [-0.25, -0.2) is 4.79 Å². The second-order valence-electron chi connectivity index (χ2n) is 8.99. The maximum Gasteiger partial charge on any atom is 0.408 e. The summed E-state index contributed by atoms with van der Waals surface area (Å²) in [6.07, 6.45) is 1.96. The third-order valence-electron chi connectivity index (χ3n) is 5.12. The van der Waals surface area contributed by atoms with Gasteiger partial charge in [0.1, 0.15) is 24.5 Å². The van der Waals surface area contributed by atoms with Gasteiger partial charge in [-0.3, -0.25) is 24.3 Å². The predicted octanol–water partition coefficient (Wildman–Crippen LogP) is 3.43. The normalized spacial score (nSPS) is 13.4. The Hall–Kier alpha value is -4.40. The van der Waals surface area contributed by atoms with E-state index in [-0.39, 0.29) is 12.1 Å². The lowest BCUT2D eigenvalue weighted by molar-refractivity contribution is -0.123. The molecule has 1 aromatic heterocycles. The highest BCUT2D eigenvalue weighted by Crippen LogP contribution is 2.32. The zero-order valence-corrected chi connectivity index (χ0v) is 19.6. The van der Waals surface area contributed by atoms with Gasteiger partial charge in [0, 0.05) is 23.2 Å². The molecule has 2 N–H and O–H groups in total. The van der Waals surface area contributed by atoms with E-state index < -0.39 is 29.4 Å². The Bertz CT molecular complexity index is 1350. The van der Waals surface area contributed by atoms with Gasteiger partial charge < -0.3 is 14.8 Å². The molecule has 0 fully saturated rings. The lowest BCUT2D eigenvalue weighted by Crippen LogP contribution is -2.36. The predicted molar refractivity (Wildman–Crippen MR) is 129 cm³/mol. The number of hydrogen-bond donors (Lipinski definition) is 2. The summed E-state index contributed by atoms with van der Waals surface area (Å²) in [5.41, 5.74) is 1.32. The Morgan fingerprint density at radius 2 is 1.80 bits per heavy atom. The molecule has 0 spiro atoms. The Morgan fingerprint density at radius 3 is 2.46 bits per heavy atom. The zero-order chi connectivity index (χ0) is 25.2. The summed E-state index contributed by atoms with van der Waals surface area (Å²) in [6.45, 7) is 5.18. The molecule has 0 atom stereocenters. The van der Waals surface area contributed by atoms with Crippen molar-refractivity contribution in [1.82, 2.24) is 15.2 Å². The molecule has 2 heterocycles. The van der Waals surface area contributed by atoms with Crippen LogP contribution in [0.25, 0.3) is 16.5 Å². The van der Waals surface area contributed by atoms with E-state index in [1.807, 2.05) is 30.3 Å². The van der Waals surface area contributed by atoms with E-state index in [1.165, 1.54) is 16.8 Å². The molecule has 0 aliphatic carbocycles. The lowest BCUT2D eigenvalue weighted by atomic mass is 10.1. The van der Waals surface area contributed by atoms with E-state index in [9.17, 15) is 19.2 Å². The zero-order valence-electron chi connectivity index (χ0n) is 19.6. The van der Waals surface area contributed by atoms with E-state index in [1.54, 1.807) is 39.0 Å². The van der Waals surface area contributed by atoms with Crippen LogP contribution in [-0.4, -0.2) is 40.5 Å². The monoisotopic (exact) mass is 475 g/mol. The summed E-state index contributed by atoms with van der Waals surface area (Å²) in [4.78, 5) is 49.1. The molecule has 0 bridgehead atoms. The minimum absolute atomic E-state index is 0.145. The standard InChI is InChI=1S/C26H25N3O6/c1-26(2,3)35-25(33)27-13-23(31)29-14-20(19-12-22(30)28-24(19)32)18-11-17(9-10-21(18)29)34-15-16-7-5-4-6-8-16/h4-12,14H,13,15H2,1-3H3,(H,27,33)(H,28,30,32). The molecule has 9 nitrogen and oxygen atoms in total. The number of imide groups is 1. The number of aromatic nitrogens is 1. The Morgan fingerprint density at radius 1 is 1.06 bits per heavy atom. The number of nitrogens with zero attached hydrogens (tertiary/aromatic N) is 1. The average Bonchev–Trinajstić information content (AvgIpc) is 3.34. The van der Waals surface area contributed by atoms with E-state index >= 15 is 0 Å². The number of hydrogen-bond acceptors (Lipinski definition) is 6. The molecule has 3 aromatic rings. The summed E-state index contributed by atoms with van der Waals surface area (Å²) in [7, 11) is 0. The molecule has 180 valence electrons. The molecule has 4 rings (SSSR count). The van der Waals surface area contributed by atoms with Crippen molar-refractivity contribution in [2.45, 2.75) is 33.0 Å². The number of nitrogens with one attached hydrogen (secondary N) is 2. The Kier molecular flexibility index (Phi) is 6.42. The molecule has 9 heteroatoms. The number of carbonyl (C=O) groups is 4. The van der Waals surface area contributed by atoms with Crippen molar-refractivity contribution in [2.24, 2.45) is 0 Å². The van der Waals surface area contributed by atoms with Crippen molar-refractivity contribution < 1.29 is 28.7 Å². The highest BCUT2D eigenvalue weighted by atomic mass is 16.6. The van der Waals surface area contributed by atoms with Gasteiger partial charge in [-0.2, -0.15) is 0 Å². The minimum Gasteiger partial charge on any atom is -0.489 e. The summed E-state index contributed by atoms with van der Waals surface area (Å²) in [5, 5.41) is 5.22. The second kappa shape index (κ2) is 9.46. The number of rotatable bonds is 6. The van der Waals surface area contributed by atoms with Crippen molar-refractivity contribution in [3.8, 4) is 5.75 Å². The largest absolute Gasteiger partial charge is 0.489 e. The van der Waals surface area contributed by atoms with Crippen molar-refractivity contribution in [3.05, 3.63) is 71.9 Å². The van der Waals surface area contributed by atoms with Gasteiger partial charge in [0.2, 0.25) is 0 Å². The molecule has 0 saturated carbocycles. The molecule has 1 aliphatic heterocycles. The summed E-state index contributed by atoms with van der Waals surface area (Å²) < 4.78 is 12.4. The maximum atomic E-state index is 13.0. The van der Waals surface area contributed by atoms with Gasteiger partial charge in [0.15, 0.2) is 0 Å². The molecule has 1 aliphatic rings. The molecule has 2 aromatic carbocycles. The number of alkyl carbamates (subject to hydrolysis) is 1. The SMILES string of the molecule is CC(C)(C)OC(=O)NCC(=O)n1cc(C2=CC(=O)NC2=O)c2cc(OCc3ccccc3)ccc21. The minimum atomic E-state index is -0.720. The van der Waals surface area contributed by atoms with Crippen LogP contribution in [0.1, 0.15) is 36.7 Å². The fraction of sp³-hybridized carbons (Fsp3) is 0.231. The van der Waals surface area contributed by atoms with E-state index in [0.717, 1.165) is 5.56 Å². The van der Waals surface area contributed by atoms with E-state index in [0.29, 0.717) is 28.8 Å². The topological polar surface area (TPSA) is 116 Å². The number of ether oxygens (including phenoxy) is 2. The first-order valence-electron chi connectivity index (χ1n) is 11.0. The first-order valence-corrected chi connectivity index (χ1v) is 11.0. The van der Waals surface area contributed by atoms with Crippen LogP contribution < -0.4 is 15.4 Å². The van der Waals surface area contributed by atoms with Crippen LogP contribution in [0.15, 0.2) is 60.8 Å². The van der Waals surface area contributed by atoms with Gasteiger partial charge >= 0.3 is 6.09 Å². The molecule has 0 saturated heterocycles. The van der Waals surface area contributed by atoms with Gasteiger partial charge in [0.25, 0.3) is 17.7 Å². The number of carbonyl (C=O) groups excluding carboxylic acids is 4. The number of benzene rings is 2. The number of amides is 3. The second-order valence-corrected chi connectivity index (χ2v) is 8.99. The lowest BCUT2D eigenvalue weighted by Gasteiger charge is -2.19. The van der Waals surface area contributed by atoms with Crippen LogP contribution in [0, 0.1) is 0 Å². The van der Waals surface area contributed by atoms with Crippen molar-refractivity contribution in [1.29, 1.82) is 0 Å². The van der Waals surface area contributed by atoms with E-state index in [4.69, 9.17) is 9.47 Å². The Labute approximate surface area is 201 Å². The fourth-order valence-electron chi connectivity index (χ4n) is 3.62. The fourth-order valence-corrected chi connectivity index (χ4v) is 3.62. The molecule has 35 heavy (non-hydrogen) atoms. The molecular formula is C26H25N3O6. The summed E-state index contributed by atoms with van der Waals surface area (Å²) in [5.74, 6) is -0.996. The highest BCUT2D eigenvalue weighted by Gasteiger charge is 2.27. The van der Waals surface area contributed by atoms with Crippen molar-refractivity contribution >= 4 is 40.3 Å². The first kappa shape index (κ1) is 23.7. The third-order valence-corrected chi connectivity index (χ3v) is 5.12. The first-order chi connectivity index (χ1) is 16.6. The molecular weight excluding hydrogens is 450 g/mol. The van der Waals surface area contributed by atoms with Gasteiger partial charge in [-0.1, -0.05) is 30.3 Å². The molecule has 3 amide bonds. The van der Waals surface area contributed by atoms with Crippen molar-refractivity contribution in [3.63, 3.8) is 0 Å².